The summed E-state index contributed by atoms with van der Waals surface area (Å²) in [5.74, 6) is 0.850. The molecule has 1 atom stereocenters. The minimum atomic E-state index is 0.535. The molecule has 1 N–H and O–H groups in total. The molecule has 0 aliphatic carbocycles. The molecule has 0 fully saturated rings. The summed E-state index contributed by atoms with van der Waals surface area (Å²) >= 11 is 0. The molecule has 1 heterocycles. The van der Waals surface area contributed by atoms with Crippen LogP contribution in [0, 0.1) is 0 Å². The predicted molar refractivity (Wildman–Crippen MR) is 57.4 cm³/mol. The summed E-state index contributed by atoms with van der Waals surface area (Å²) in [4.78, 5) is 4.01. The number of nitrogens with zero attached hydrogens (tertiary/aromatic N) is 1. The van der Waals surface area contributed by atoms with E-state index in [2.05, 4.69) is 24.1 Å². The van der Waals surface area contributed by atoms with Crippen LogP contribution in [0.1, 0.15) is 25.8 Å². The van der Waals surface area contributed by atoms with Crippen LogP contribution >= 0.6 is 0 Å². The van der Waals surface area contributed by atoms with Crippen molar-refractivity contribution in [2.45, 2.75) is 32.9 Å². The summed E-state index contributed by atoms with van der Waals surface area (Å²) < 4.78 is 5.21. The minimum absolute atomic E-state index is 0.535. The van der Waals surface area contributed by atoms with Crippen molar-refractivity contribution in [2.75, 3.05) is 7.11 Å². The van der Waals surface area contributed by atoms with Gasteiger partial charge in [0.2, 0.25) is 0 Å². The molecule has 0 saturated heterocycles. The lowest BCUT2D eigenvalue weighted by atomic mass is 10.2. The molecular formula is C11H18N2O. The molecule has 1 aromatic rings. The van der Waals surface area contributed by atoms with Crippen LogP contribution in [0.3, 0.4) is 0 Å². The molecule has 14 heavy (non-hydrogen) atoms. The SMILES string of the molecule is CCC(C)NCc1ccncc1OC. The van der Waals surface area contributed by atoms with Gasteiger partial charge in [-0.3, -0.25) is 4.98 Å². The van der Waals surface area contributed by atoms with Crippen molar-refractivity contribution in [3.8, 4) is 5.75 Å². The van der Waals surface area contributed by atoms with Gasteiger partial charge < -0.3 is 10.1 Å². The first-order chi connectivity index (χ1) is 6.77. The molecule has 3 nitrogen and oxygen atoms in total. The smallest absolute Gasteiger partial charge is 0.141 e. The van der Waals surface area contributed by atoms with Crippen LogP contribution in [0.4, 0.5) is 0 Å². The maximum atomic E-state index is 5.21. The number of rotatable bonds is 5. The van der Waals surface area contributed by atoms with Gasteiger partial charge in [0, 0.05) is 24.3 Å². The molecule has 1 rings (SSSR count). The van der Waals surface area contributed by atoms with E-state index in [1.165, 1.54) is 0 Å². The summed E-state index contributed by atoms with van der Waals surface area (Å²) in [6, 6.07) is 2.52. The number of aromatic nitrogens is 1. The van der Waals surface area contributed by atoms with Crippen molar-refractivity contribution in [3.63, 3.8) is 0 Å². The Morgan fingerprint density at radius 1 is 1.57 bits per heavy atom. The predicted octanol–water partition coefficient (Wildman–Crippen LogP) is 1.98. The highest BCUT2D eigenvalue weighted by molar-refractivity contribution is 5.29. The van der Waals surface area contributed by atoms with E-state index in [1.54, 1.807) is 19.5 Å². The van der Waals surface area contributed by atoms with E-state index in [0.717, 1.165) is 24.3 Å². The Bertz CT molecular complexity index is 276. The van der Waals surface area contributed by atoms with Gasteiger partial charge in [-0.1, -0.05) is 6.92 Å². The zero-order chi connectivity index (χ0) is 10.4. The molecule has 78 valence electrons. The molecule has 0 saturated carbocycles. The van der Waals surface area contributed by atoms with Gasteiger partial charge >= 0.3 is 0 Å². The van der Waals surface area contributed by atoms with E-state index in [9.17, 15) is 0 Å². The lowest BCUT2D eigenvalue weighted by molar-refractivity contribution is 0.403. The van der Waals surface area contributed by atoms with Gasteiger partial charge in [0.05, 0.1) is 13.3 Å². The number of pyridine rings is 1. The summed E-state index contributed by atoms with van der Waals surface area (Å²) in [5, 5.41) is 3.42. The van der Waals surface area contributed by atoms with Crippen LogP contribution in [0.15, 0.2) is 18.5 Å². The normalized spacial score (nSPS) is 12.5. The first kappa shape index (κ1) is 11.0. The van der Waals surface area contributed by atoms with Crippen LogP contribution < -0.4 is 10.1 Å². The van der Waals surface area contributed by atoms with E-state index in [-0.39, 0.29) is 0 Å². The van der Waals surface area contributed by atoms with Gasteiger partial charge in [-0.15, -0.1) is 0 Å². The Morgan fingerprint density at radius 2 is 2.36 bits per heavy atom. The third-order valence-corrected chi connectivity index (χ3v) is 2.34. The highest BCUT2D eigenvalue weighted by atomic mass is 16.5. The molecule has 0 amide bonds. The fraction of sp³-hybridized carbons (Fsp3) is 0.545. The fourth-order valence-corrected chi connectivity index (χ4v) is 1.17. The van der Waals surface area contributed by atoms with Crippen molar-refractivity contribution < 1.29 is 4.74 Å². The molecule has 0 bridgehead atoms. The van der Waals surface area contributed by atoms with Crippen LogP contribution in [-0.4, -0.2) is 18.1 Å². The van der Waals surface area contributed by atoms with Crippen LogP contribution in [0.5, 0.6) is 5.75 Å². The zero-order valence-corrected chi connectivity index (χ0v) is 9.08. The minimum Gasteiger partial charge on any atom is -0.495 e. The quantitative estimate of drug-likeness (QED) is 0.778. The summed E-state index contributed by atoms with van der Waals surface area (Å²) in [6.45, 7) is 5.18. The number of hydrogen-bond donors (Lipinski definition) is 1. The Hall–Kier alpha value is -1.09. The van der Waals surface area contributed by atoms with E-state index in [0.29, 0.717) is 6.04 Å². The second-order valence-corrected chi connectivity index (χ2v) is 3.38. The number of hydrogen-bond acceptors (Lipinski definition) is 3. The van der Waals surface area contributed by atoms with Gasteiger partial charge in [0.1, 0.15) is 5.75 Å². The van der Waals surface area contributed by atoms with Crippen molar-refractivity contribution >= 4 is 0 Å². The summed E-state index contributed by atoms with van der Waals surface area (Å²) in [7, 11) is 1.67. The van der Waals surface area contributed by atoms with Crippen molar-refractivity contribution in [1.82, 2.24) is 10.3 Å². The molecule has 0 spiro atoms. The van der Waals surface area contributed by atoms with Crippen LogP contribution in [-0.2, 0) is 6.54 Å². The average molecular weight is 194 g/mol. The zero-order valence-electron chi connectivity index (χ0n) is 9.08. The van der Waals surface area contributed by atoms with Gasteiger partial charge in [-0.05, 0) is 19.4 Å². The topological polar surface area (TPSA) is 34.2 Å². The largest absolute Gasteiger partial charge is 0.495 e. The van der Waals surface area contributed by atoms with Gasteiger partial charge in [0.25, 0.3) is 0 Å². The molecule has 3 heteroatoms. The molecule has 1 aromatic heterocycles. The lowest BCUT2D eigenvalue weighted by Crippen LogP contribution is -2.24. The standard InChI is InChI=1S/C11H18N2O/c1-4-9(2)13-7-10-5-6-12-8-11(10)14-3/h5-6,8-9,13H,4,7H2,1-3H3. The highest BCUT2D eigenvalue weighted by Gasteiger charge is 2.03. The molecular weight excluding hydrogens is 176 g/mol. The third-order valence-electron chi connectivity index (χ3n) is 2.34. The van der Waals surface area contributed by atoms with Crippen molar-refractivity contribution in [2.24, 2.45) is 0 Å². The molecule has 0 aliphatic heterocycles. The Morgan fingerprint density at radius 3 is 3.00 bits per heavy atom. The maximum Gasteiger partial charge on any atom is 0.141 e. The average Bonchev–Trinajstić information content (AvgIpc) is 2.26. The van der Waals surface area contributed by atoms with E-state index in [1.807, 2.05) is 6.07 Å². The van der Waals surface area contributed by atoms with Crippen molar-refractivity contribution in [1.29, 1.82) is 0 Å². The number of ether oxygens (including phenoxy) is 1. The van der Waals surface area contributed by atoms with E-state index >= 15 is 0 Å². The van der Waals surface area contributed by atoms with Crippen LogP contribution in [0.25, 0.3) is 0 Å². The monoisotopic (exact) mass is 194 g/mol. The fourth-order valence-electron chi connectivity index (χ4n) is 1.17. The lowest BCUT2D eigenvalue weighted by Gasteiger charge is -2.12. The summed E-state index contributed by atoms with van der Waals surface area (Å²) in [6.07, 6.45) is 4.66. The first-order valence-electron chi connectivity index (χ1n) is 4.98. The van der Waals surface area contributed by atoms with Gasteiger partial charge in [0.15, 0.2) is 0 Å². The third kappa shape index (κ3) is 3.00. The Kier molecular flexibility index (Phi) is 4.40. The maximum absolute atomic E-state index is 5.21. The van der Waals surface area contributed by atoms with Crippen LogP contribution in [0.2, 0.25) is 0 Å². The molecule has 1 unspecified atom stereocenters. The van der Waals surface area contributed by atoms with E-state index < -0.39 is 0 Å². The van der Waals surface area contributed by atoms with Gasteiger partial charge in [-0.25, -0.2) is 0 Å². The second kappa shape index (κ2) is 5.60. The first-order valence-corrected chi connectivity index (χ1v) is 4.98. The summed E-state index contributed by atoms with van der Waals surface area (Å²) in [5.41, 5.74) is 1.16. The Labute approximate surface area is 85.5 Å². The number of nitrogens with one attached hydrogen (secondary N) is 1. The molecule has 0 aromatic carbocycles. The Balaban J connectivity index is 2.57. The molecule has 0 aliphatic rings. The van der Waals surface area contributed by atoms with Crippen molar-refractivity contribution in [3.05, 3.63) is 24.0 Å². The second-order valence-electron chi connectivity index (χ2n) is 3.38. The highest BCUT2D eigenvalue weighted by Crippen LogP contribution is 2.15. The van der Waals surface area contributed by atoms with Gasteiger partial charge in [-0.2, -0.15) is 0 Å². The number of methoxy groups -OCH3 is 1. The van der Waals surface area contributed by atoms with E-state index in [4.69, 9.17) is 4.74 Å². The molecule has 0 radical (unpaired) electrons.